The van der Waals surface area contributed by atoms with Crippen LogP contribution in [0.5, 0.6) is 0 Å². The van der Waals surface area contributed by atoms with Crippen LogP contribution in [0.1, 0.15) is 10.6 Å². The first-order valence-corrected chi connectivity index (χ1v) is 13.8. The first kappa shape index (κ1) is 22.3. The lowest BCUT2D eigenvalue weighted by atomic mass is 10.2. The SMILES string of the molecule is Cc1nnc(SCC(=O)Nc2ccc3nc(SCC(=O)N4CCc5ccccc54)sc3c2)s1. The molecule has 0 radical (unpaired) electrons. The maximum Gasteiger partial charge on any atom is 0.237 e. The normalized spacial score (nSPS) is 12.8. The van der Waals surface area contributed by atoms with Crippen molar-refractivity contribution in [2.75, 3.05) is 28.3 Å². The second-order valence-corrected chi connectivity index (χ2v) is 12.0. The first-order valence-electron chi connectivity index (χ1n) is 10.2. The number of para-hydroxylation sites is 1. The molecule has 0 aliphatic carbocycles. The van der Waals surface area contributed by atoms with Crippen LogP contribution in [0.2, 0.25) is 0 Å². The Morgan fingerprint density at radius 3 is 2.76 bits per heavy atom. The standard InChI is InChI=1S/C22H19N5O2S4/c1-13-25-26-22(32-13)30-11-19(28)23-15-6-7-16-18(10-15)33-21(24-16)31-12-20(29)27-9-8-14-4-2-3-5-17(14)27/h2-7,10H,8-9,11-12H2,1H3,(H,23,28). The molecule has 7 nitrogen and oxygen atoms in total. The number of thiazole rings is 1. The van der Waals surface area contributed by atoms with Gasteiger partial charge in [-0.15, -0.1) is 21.5 Å². The third-order valence-electron chi connectivity index (χ3n) is 4.99. The van der Waals surface area contributed by atoms with Crippen LogP contribution in [0.3, 0.4) is 0 Å². The highest BCUT2D eigenvalue weighted by molar-refractivity contribution is 8.02. The summed E-state index contributed by atoms with van der Waals surface area (Å²) < 4.78 is 2.60. The average molecular weight is 514 g/mol. The summed E-state index contributed by atoms with van der Waals surface area (Å²) in [5.74, 6) is 0.626. The molecule has 0 bridgehead atoms. The zero-order valence-electron chi connectivity index (χ0n) is 17.6. The Bertz CT molecular complexity index is 1340. The molecule has 33 heavy (non-hydrogen) atoms. The lowest BCUT2D eigenvalue weighted by Gasteiger charge is -2.16. The van der Waals surface area contributed by atoms with Gasteiger partial charge < -0.3 is 10.2 Å². The van der Waals surface area contributed by atoms with E-state index in [0.717, 1.165) is 48.2 Å². The van der Waals surface area contributed by atoms with E-state index in [1.807, 2.05) is 48.2 Å². The fourth-order valence-corrected chi connectivity index (χ4v) is 7.10. The molecule has 1 N–H and O–H groups in total. The molecule has 1 aliphatic heterocycles. The number of carbonyl (C=O) groups excluding carboxylic acids is 2. The van der Waals surface area contributed by atoms with Crippen LogP contribution in [0, 0.1) is 6.92 Å². The Kier molecular flexibility index (Phi) is 6.63. The van der Waals surface area contributed by atoms with Crippen LogP contribution < -0.4 is 10.2 Å². The Labute approximate surface area is 207 Å². The van der Waals surface area contributed by atoms with E-state index < -0.39 is 0 Å². The van der Waals surface area contributed by atoms with E-state index in [2.05, 4.69) is 26.6 Å². The number of carbonyl (C=O) groups is 2. The fourth-order valence-electron chi connectivity index (χ4n) is 3.50. The van der Waals surface area contributed by atoms with Gasteiger partial charge in [0.2, 0.25) is 11.8 Å². The molecule has 0 atom stereocenters. The largest absolute Gasteiger partial charge is 0.325 e. The number of benzene rings is 2. The first-order chi connectivity index (χ1) is 16.0. The van der Waals surface area contributed by atoms with Gasteiger partial charge in [-0.3, -0.25) is 9.59 Å². The van der Waals surface area contributed by atoms with E-state index in [1.165, 1.54) is 51.8 Å². The number of hydrogen-bond donors (Lipinski definition) is 1. The van der Waals surface area contributed by atoms with E-state index in [1.54, 1.807) is 0 Å². The highest BCUT2D eigenvalue weighted by Gasteiger charge is 2.24. The molecule has 2 aromatic carbocycles. The Morgan fingerprint density at radius 2 is 1.91 bits per heavy atom. The number of hydrogen-bond acceptors (Lipinski definition) is 9. The van der Waals surface area contributed by atoms with Crippen LogP contribution in [0.25, 0.3) is 10.2 Å². The van der Waals surface area contributed by atoms with E-state index in [9.17, 15) is 9.59 Å². The minimum atomic E-state index is -0.0946. The Hall–Kier alpha value is -2.47. The van der Waals surface area contributed by atoms with Gasteiger partial charge in [0.15, 0.2) is 8.68 Å². The number of thioether (sulfide) groups is 2. The predicted molar refractivity (Wildman–Crippen MR) is 137 cm³/mol. The van der Waals surface area contributed by atoms with Gasteiger partial charge in [-0.2, -0.15) is 0 Å². The van der Waals surface area contributed by atoms with E-state index in [4.69, 9.17) is 0 Å². The topological polar surface area (TPSA) is 88.1 Å². The van der Waals surface area contributed by atoms with Gasteiger partial charge in [0.1, 0.15) is 5.01 Å². The number of aryl methyl sites for hydroxylation is 1. The van der Waals surface area contributed by atoms with Crippen LogP contribution in [-0.2, 0) is 16.0 Å². The van der Waals surface area contributed by atoms with Gasteiger partial charge in [0.25, 0.3) is 0 Å². The molecule has 0 spiro atoms. The van der Waals surface area contributed by atoms with Crippen molar-refractivity contribution in [1.82, 2.24) is 15.2 Å². The van der Waals surface area contributed by atoms with Crippen molar-refractivity contribution in [3.8, 4) is 0 Å². The summed E-state index contributed by atoms with van der Waals surface area (Å²) in [5, 5.41) is 11.8. The zero-order chi connectivity index (χ0) is 22.8. The quantitative estimate of drug-likeness (QED) is 0.353. The van der Waals surface area contributed by atoms with Crippen molar-refractivity contribution in [2.24, 2.45) is 0 Å². The third-order valence-corrected chi connectivity index (χ3v) is 9.11. The third kappa shape index (κ3) is 5.21. The van der Waals surface area contributed by atoms with Gasteiger partial charge in [0, 0.05) is 17.9 Å². The second kappa shape index (κ2) is 9.80. The smallest absolute Gasteiger partial charge is 0.237 e. The van der Waals surface area contributed by atoms with E-state index >= 15 is 0 Å². The number of amides is 2. The molecule has 11 heteroatoms. The molecular formula is C22H19N5O2S4. The van der Waals surface area contributed by atoms with Crippen LogP contribution >= 0.6 is 46.2 Å². The van der Waals surface area contributed by atoms with Crippen molar-refractivity contribution >= 4 is 79.6 Å². The molecule has 0 saturated carbocycles. The number of fused-ring (bicyclic) bond motifs is 2. The minimum absolute atomic E-state index is 0.0946. The van der Waals surface area contributed by atoms with Crippen molar-refractivity contribution in [1.29, 1.82) is 0 Å². The zero-order valence-corrected chi connectivity index (χ0v) is 20.9. The van der Waals surface area contributed by atoms with Crippen LogP contribution in [0.4, 0.5) is 11.4 Å². The fraction of sp³-hybridized carbons (Fsp3) is 0.227. The van der Waals surface area contributed by atoms with Crippen LogP contribution in [-0.4, -0.2) is 45.0 Å². The van der Waals surface area contributed by atoms with Crippen LogP contribution in [0.15, 0.2) is 51.1 Å². The molecule has 0 unspecified atom stereocenters. The molecule has 4 aromatic rings. The number of nitrogens with zero attached hydrogens (tertiary/aromatic N) is 4. The lowest BCUT2D eigenvalue weighted by Crippen LogP contribution is -2.30. The molecule has 0 saturated heterocycles. The summed E-state index contributed by atoms with van der Waals surface area (Å²) in [6.07, 6.45) is 0.904. The maximum atomic E-state index is 12.8. The van der Waals surface area contributed by atoms with E-state index in [0.29, 0.717) is 5.75 Å². The Morgan fingerprint density at radius 1 is 1.06 bits per heavy atom. The van der Waals surface area contributed by atoms with Crippen molar-refractivity contribution in [2.45, 2.75) is 22.0 Å². The summed E-state index contributed by atoms with van der Waals surface area (Å²) >= 11 is 5.84. The van der Waals surface area contributed by atoms with Gasteiger partial charge >= 0.3 is 0 Å². The summed E-state index contributed by atoms with van der Waals surface area (Å²) in [4.78, 5) is 31.6. The minimum Gasteiger partial charge on any atom is -0.325 e. The average Bonchev–Trinajstić information content (AvgIpc) is 3.53. The number of rotatable bonds is 7. The number of aromatic nitrogens is 3. The summed E-state index contributed by atoms with van der Waals surface area (Å²) in [6.45, 7) is 2.62. The van der Waals surface area contributed by atoms with Crippen molar-refractivity contribution in [3.05, 3.63) is 53.0 Å². The van der Waals surface area contributed by atoms with E-state index in [-0.39, 0.29) is 17.6 Å². The van der Waals surface area contributed by atoms with Gasteiger partial charge in [-0.05, 0) is 43.2 Å². The predicted octanol–water partition coefficient (Wildman–Crippen LogP) is 4.87. The summed E-state index contributed by atoms with van der Waals surface area (Å²) in [5.41, 5.74) is 3.83. The van der Waals surface area contributed by atoms with Crippen molar-refractivity contribution < 1.29 is 9.59 Å². The monoisotopic (exact) mass is 513 g/mol. The Balaban J connectivity index is 1.18. The van der Waals surface area contributed by atoms with Gasteiger partial charge in [-0.1, -0.05) is 53.1 Å². The number of anilines is 2. The van der Waals surface area contributed by atoms with Gasteiger partial charge in [-0.25, -0.2) is 4.98 Å². The van der Waals surface area contributed by atoms with Crippen molar-refractivity contribution in [3.63, 3.8) is 0 Å². The molecule has 1 aliphatic rings. The second-order valence-electron chi connectivity index (χ2n) is 7.30. The molecule has 168 valence electrons. The highest BCUT2D eigenvalue weighted by atomic mass is 32.2. The highest BCUT2D eigenvalue weighted by Crippen LogP contribution is 2.33. The number of nitrogens with one attached hydrogen (secondary N) is 1. The molecular weight excluding hydrogens is 495 g/mol. The summed E-state index contributed by atoms with van der Waals surface area (Å²) in [7, 11) is 0. The summed E-state index contributed by atoms with van der Waals surface area (Å²) in [6, 6.07) is 13.7. The molecule has 2 amide bonds. The lowest BCUT2D eigenvalue weighted by molar-refractivity contribution is -0.116. The molecule has 2 aromatic heterocycles. The maximum absolute atomic E-state index is 12.8. The molecule has 0 fully saturated rings. The van der Waals surface area contributed by atoms with Gasteiger partial charge in [0.05, 0.1) is 21.7 Å². The molecule has 5 rings (SSSR count). The molecule has 3 heterocycles.